The first kappa shape index (κ1) is 22.6. The third kappa shape index (κ3) is 5.41. The molecule has 0 spiro atoms. The lowest BCUT2D eigenvalue weighted by Gasteiger charge is -2.11. The van der Waals surface area contributed by atoms with E-state index >= 15 is 0 Å². The van der Waals surface area contributed by atoms with Crippen LogP contribution in [0.4, 0.5) is 0 Å². The van der Waals surface area contributed by atoms with Gasteiger partial charge in [-0.05, 0) is 80.6 Å². The molecular weight excluding hydrogens is 480 g/mol. The molecule has 5 nitrogen and oxygen atoms in total. The van der Waals surface area contributed by atoms with Crippen molar-refractivity contribution in [2.24, 2.45) is 5.10 Å². The first-order chi connectivity index (χ1) is 16.0. The lowest BCUT2D eigenvalue weighted by atomic mass is 10.1. The lowest BCUT2D eigenvalue weighted by Crippen LogP contribution is -2.18. The number of nitrogens with one attached hydrogen (secondary N) is 1. The summed E-state index contributed by atoms with van der Waals surface area (Å²) in [6.07, 6.45) is 1.58. The minimum absolute atomic E-state index is 0.336. The van der Waals surface area contributed by atoms with Crippen molar-refractivity contribution in [2.75, 3.05) is 7.11 Å². The number of hydrogen-bond acceptors (Lipinski definition) is 4. The third-order valence-corrected chi connectivity index (χ3v) is 5.82. The van der Waals surface area contributed by atoms with Gasteiger partial charge in [-0.25, -0.2) is 5.43 Å². The van der Waals surface area contributed by atoms with Crippen LogP contribution in [0.5, 0.6) is 11.5 Å². The predicted octanol–water partition coefficient (Wildman–Crippen LogP) is 6.26. The van der Waals surface area contributed by atoms with Crippen molar-refractivity contribution >= 4 is 38.8 Å². The number of carbonyl (C=O) groups is 1. The summed E-state index contributed by atoms with van der Waals surface area (Å²) in [6, 6.07) is 25.5. The number of benzene rings is 4. The van der Waals surface area contributed by atoms with Gasteiger partial charge in [-0.3, -0.25) is 4.79 Å². The molecule has 4 rings (SSSR count). The Morgan fingerprint density at radius 3 is 2.64 bits per heavy atom. The highest BCUT2D eigenvalue weighted by atomic mass is 79.9. The number of methoxy groups -OCH3 is 1. The van der Waals surface area contributed by atoms with Gasteiger partial charge in [0.2, 0.25) is 0 Å². The van der Waals surface area contributed by atoms with E-state index in [0.29, 0.717) is 17.9 Å². The van der Waals surface area contributed by atoms with Crippen molar-refractivity contribution in [3.63, 3.8) is 0 Å². The number of fused-ring (bicyclic) bond motifs is 1. The molecule has 4 aromatic carbocycles. The quantitative estimate of drug-likeness (QED) is 0.239. The van der Waals surface area contributed by atoms with Crippen LogP contribution in [0.15, 0.2) is 88.4 Å². The molecule has 0 aromatic heterocycles. The van der Waals surface area contributed by atoms with Crippen molar-refractivity contribution in [3.05, 3.63) is 106 Å². The van der Waals surface area contributed by atoms with Crippen LogP contribution in [0, 0.1) is 6.92 Å². The zero-order valence-electron chi connectivity index (χ0n) is 18.3. The highest BCUT2D eigenvalue weighted by Crippen LogP contribution is 2.28. The molecule has 33 heavy (non-hydrogen) atoms. The Labute approximate surface area is 201 Å². The summed E-state index contributed by atoms with van der Waals surface area (Å²) in [4.78, 5) is 12.4. The maximum Gasteiger partial charge on any atom is 0.275 e. The van der Waals surface area contributed by atoms with Crippen LogP contribution in [-0.4, -0.2) is 19.2 Å². The lowest BCUT2D eigenvalue weighted by molar-refractivity contribution is 0.0952. The molecule has 1 amide bonds. The molecule has 6 heteroatoms. The highest BCUT2D eigenvalue weighted by molar-refractivity contribution is 9.10. The highest BCUT2D eigenvalue weighted by Gasteiger charge is 2.11. The minimum atomic E-state index is -0.336. The molecule has 1 N–H and O–H groups in total. The van der Waals surface area contributed by atoms with Crippen LogP contribution in [0.3, 0.4) is 0 Å². The van der Waals surface area contributed by atoms with E-state index in [4.69, 9.17) is 9.47 Å². The van der Waals surface area contributed by atoms with Crippen LogP contribution >= 0.6 is 15.9 Å². The standard InChI is InChI=1S/C27H23BrN2O3/c1-18-10-12-23(26(14-18)32-2)27(31)30-29-16-19-11-13-25(24(28)15-19)33-17-21-8-5-7-20-6-3-4-9-22(20)21/h3-16H,17H2,1-2H3,(H,30,31)/b29-16-. The molecule has 0 aliphatic heterocycles. The maximum absolute atomic E-state index is 12.4. The van der Waals surface area contributed by atoms with Crippen molar-refractivity contribution in [3.8, 4) is 11.5 Å². The Morgan fingerprint density at radius 2 is 1.82 bits per heavy atom. The van der Waals surface area contributed by atoms with Crippen LogP contribution in [0.25, 0.3) is 10.8 Å². The van der Waals surface area contributed by atoms with Crippen molar-refractivity contribution in [1.29, 1.82) is 0 Å². The molecular formula is C27H23BrN2O3. The summed E-state index contributed by atoms with van der Waals surface area (Å²) in [5, 5.41) is 6.44. The number of aryl methyl sites for hydroxylation is 1. The van der Waals surface area contributed by atoms with E-state index in [1.165, 1.54) is 17.9 Å². The van der Waals surface area contributed by atoms with Crippen LogP contribution in [-0.2, 0) is 6.61 Å². The fourth-order valence-electron chi connectivity index (χ4n) is 3.50. The second-order valence-corrected chi connectivity index (χ2v) is 8.37. The van der Waals surface area contributed by atoms with Crippen molar-refractivity contribution in [2.45, 2.75) is 13.5 Å². The number of halogens is 1. The first-order valence-corrected chi connectivity index (χ1v) is 11.2. The van der Waals surface area contributed by atoms with E-state index in [1.54, 1.807) is 12.3 Å². The Hall–Kier alpha value is -3.64. The molecule has 0 unspecified atom stereocenters. The molecule has 0 atom stereocenters. The van der Waals surface area contributed by atoms with E-state index in [-0.39, 0.29) is 5.91 Å². The van der Waals surface area contributed by atoms with E-state index in [9.17, 15) is 4.79 Å². The van der Waals surface area contributed by atoms with Gasteiger partial charge in [0, 0.05) is 0 Å². The molecule has 4 aromatic rings. The molecule has 0 saturated heterocycles. The fraction of sp³-hybridized carbons (Fsp3) is 0.111. The fourth-order valence-corrected chi connectivity index (χ4v) is 4.01. The summed E-state index contributed by atoms with van der Waals surface area (Å²) >= 11 is 3.56. The van der Waals surface area contributed by atoms with Gasteiger partial charge in [0.25, 0.3) is 5.91 Å². The van der Waals surface area contributed by atoms with Gasteiger partial charge in [-0.1, -0.05) is 48.5 Å². The molecule has 0 bridgehead atoms. The second kappa shape index (κ2) is 10.3. The molecule has 0 aliphatic carbocycles. The Morgan fingerprint density at radius 1 is 1.00 bits per heavy atom. The maximum atomic E-state index is 12.4. The number of ether oxygens (including phenoxy) is 2. The number of carbonyl (C=O) groups excluding carboxylic acids is 1. The number of hydrazone groups is 1. The molecule has 166 valence electrons. The van der Waals surface area contributed by atoms with E-state index in [1.807, 2.05) is 55.5 Å². The zero-order valence-corrected chi connectivity index (χ0v) is 19.9. The summed E-state index contributed by atoms with van der Waals surface area (Å²) < 4.78 is 12.1. The summed E-state index contributed by atoms with van der Waals surface area (Å²) in [6.45, 7) is 2.40. The van der Waals surface area contributed by atoms with Gasteiger partial charge in [0.05, 0.1) is 23.4 Å². The Bertz CT molecular complexity index is 1330. The molecule has 0 aliphatic rings. The van der Waals surface area contributed by atoms with Gasteiger partial charge in [0.1, 0.15) is 18.1 Å². The van der Waals surface area contributed by atoms with Crippen molar-refractivity contribution < 1.29 is 14.3 Å². The SMILES string of the molecule is COc1cc(C)ccc1C(=O)N/N=C\c1ccc(OCc2cccc3ccccc23)c(Br)c1. The molecule has 0 heterocycles. The minimum Gasteiger partial charge on any atom is -0.496 e. The van der Waals surface area contributed by atoms with Crippen LogP contribution < -0.4 is 14.9 Å². The van der Waals surface area contributed by atoms with E-state index in [2.05, 4.69) is 50.7 Å². The summed E-state index contributed by atoms with van der Waals surface area (Å²) in [5.74, 6) is 0.906. The summed E-state index contributed by atoms with van der Waals surface area (Å²) in [7, 11) is 1.54. The monoisotopic (exact) mass is 502 g/mol. The normalized spacial score (nSPS) is 11.0. The van der Waals surface area contributed by atoms with Gasteiger partial charge in [-0.15, -0.1) is 0 Å². The Kier molecular flexibility index (Phi) is 7.05. The largest absolute Gasteiger partial charge is 0.496 e. The number of amides is 1. The number of rotatable bonds is 7. The third-order valence-electron chi connectivity index (χ3n) is 5.20. The topological polar surface area (TPSA) is 59.9 Å². The van der Waals surface area contributed by atoms with Crippen LogP contribution in [0.2, 0.25) is 0 Å². The van der Waals surface area contributed by atoms with Crippen LogP contribution in [0.1, 0.15) is 27.0 Å². The van der Waals surface area contributed by atoms with Crippen molar-refractivity contribution in [1.82, 2.24) is 5.43 Å². The predicted molar refractivity (Wildman–Crippen MR) is 135 cm³/mol. The van der Waals surface area contributed by atoms with Gasteiger partial charge in [-0.2, -0.15) is 5.10 Å². The molecule has 0 fully saturated rings. The molecule has 0 saturated carbocycles. The average Bonchev–Trinajstić information content (AvgIpc) is 2.83. The zero-order chi connectivity index (χ0) is 23.2. The van der Waals surface area contributed by atoms with Gasteiger partial charge >= 0.3 is 0 Å². The Balaban J connectivity index is 1.40. The van der Waals surface area contributed by atoms with Gasteiger partial charge in [0.15, 0.2) is 0 Å². The first-order valence-electron chi connectivity index (χ1n) is 10.4. The van der Waals surface area contributed by atoms with Gasteiger partial charge < -0.3 is 9.47 Å². The summed E-state index contributed by atoms with van der Waals surface area (Å²) in [5.41, 5.74) is 5.93. The van der Waals surface area contributed by atoms with E-state index < -0.39 is 0 Å². The molecule has 0 radical (unpaired) electrons. The second-order valence-electron chi connectivity index (χ2n) is 7.52. The smallest absolute Gasteiger partial charge is 0.275 e. The average molecular weight is 503 g/mol. The van der Waals surface area contributed by atoms with E-state index in [0.717, 1.165) is 26.9 Å². The number of nitrogens with zero attached hydrogens (tertiary/aromatic N) is 1. The number of hydrogen-bond donors (Lipinski definition) is 1.